The van der Waals surface area contributed by atoms with Crippen molar-refractivity contribution in [2.75, 3.05) is 11.9 Å². The predicted octanol–water partition coefficient (Wildman–Crippen LogP) is 2.12. The minimum absolute atomic E-state index is 0.542. The van der Waals surface area contributed by atoms with E-state index in [0.717, 1.165) is 23.4 Å². The zero-order chi connectivity index (χ0) is 14.7. The van der Waals surface area contributed by atoms with Gasteiger partial charge in [-0.2, -0.15) is 0 Å². The summed E-state index contributed by atoms with van der Waals surface area (Å²) in [6.07, 6.45) is 3.33. The normalized spacial score (nSPS) is 10.8. The van der Waals surface area contributed by atoms with Crippen LogP contribution in [0.4, 0.5) is 5.82 Å². The lowest BCUT2D eigenvalue weighted by molar-refractivity contribution is 0.878. The molecule has 0 aliphatic carbocycles. The van der Waals surface area contributed by atoms with Gasteiger partial charge in [-0.15, -0.1) is 0 Å². The Balaban J connectivity index is 1.88. The van der Waals surface area contributed by atoms with E-state index in [0.29, 0.717) is 12.2 Å². The van der Waals surface area contributed by atoms with Gasteiger partial charge >= 0.3 is 0 Å². The number of anilines is 1. The van der Waals surface area contributed by atoms with Crippen molar-refractivity contribution >= 4 is 17.0 Å². The summed E-state index contributed by atoms with van der Waals surface area (Å²) in [7, 11) is 2.01. The van der Waals surface area contributed by atoms with Gasteiger partial charge < -0.3 is 10.6 Å². The highest BCUT2D eigenvalue weighted by Crippen LogP contribution is 2.17. The Labute approximate surface area is 123 Å². The molecule has 2 N–H and O–H groups in total. The molecule has 2 heterocycles. The lowest BCUT2D eigenvalue weighted by Gasteiger charge is -2.20. The SMILES string of the molecule is CN(Cc1ccccc1CN)c1ccc2nccnc2n1. The van der Waals surface area contributed by atoms with Gasteiger partial charge in [-0.3, -0.25) is 4.98 Å². The second kappa shape index (κ2) is 5.85. The maximum Gasteiger partial charge on any atom is 0.180 e. The molecule has 0 saturated carbocycles. The fourth-order valence-electron chi connectivity index (χ4n) is 2.30. The van der Waals surface area contributed by atoms with E-state index in [2.05, 4.69) is 32.0 Å². The Bertz CT molecular complexity index is 756. The topological polar surface area (TPSA) is 67.9 Å². The van der Waals surface area contributed by atoms with E-state index in [1.165, 1.54) is 5.56 Å². The Hall–Kier alpha value is -2.53. The van der Waals surface area contributed by atoms with Crippen LogP contribution in [-0.2, 0) is 13.1 Å². The third-order valence-electron chi connectivity index (χ3n) is 3.45. The lowest BCUT2D eigenvalue weighted by Crippen LogP contribution is -2.19. The Morgan fingerprint density at radius 2 is 1.76 bits per heavy atom. The van der Waals surface area contributed by atoms with E-state index < -0.39 is 0 Å². The number of fused-ring (bicyclic) bond motifs is 1. The predicted molar refractivity (Wildman–Crippen MR) is 83.8 cm³/mol. The highest BCUT2D eigenvalue weighted by molar-refractivity contribution is 5.71. The Morgan fingerprint density at radius 1 is 1.00 bits per heavy atom. The molecule has 5 heteroatoms. The molecule has 1 aromatic carbocycles. The van der Waals surface area contributed by atoms with Crippen LogP contribution < -0.4 is 10.6 Å². The van der Waals surface area contributed by atoms with Gasteiger partial charge in [-0.1, -0.05) is 24.3 Å². The van der Waals surface area contributed by atoms with Crippen molar-refractivity contribution in [1.29, 1.82) is 0 Å². The van der Waals surface area contributed by atoms with Gasteiger partial charge in [0.1, 0.15) is 11.3 Å². The van der Waals surface area contributed by atoms with Crippen LogP contribution in [0.3, 0.4) is 0 Å². The van der Waals surface area contributed by atoms with Crippen LogP contribution in [0.15, 0.2) is 48.8 Å². The largest absolute Gasteiger partial charge is 0.355 e. The number of hydrogen-bond donors (Lipinski definition) is 1. The first-order valence-corrected chi connectivity index (χ1v) is 6.83. The molecule has 0 unspecified atom stereocenters. The molecule has 0 bridgehead atoms. The minimum atomic E-state index is 0.542. The van der Waals surface area contributed by atoms with Crippen LogP contribution in [0.2, 0.25) is 0 Å². The first-order chi connectivity index (χ1) is 10.3. The summed E-state index contributed by atoms with van der Waals surface area (Å²) in [5, 5.41) is 0. The first-order valence-electron chi connectivity index (χ1n) is 6.83. The number of rotatable bonds is 4. The maximum absolute atomic E-state index is 5.79. The van der Waals surface area contributed by atoms with Crippen molar-refractivity contribution in [3.8, 4) is 0 Å². The number of hydrogen-bond acceptors (Lipinski definition) is 5. The summed E-state index contributed by atoms with van der Waals surface area (Å²) in [6.45, 7) is 1.30. The second-order valence-corrected chi connectivity index (χ2v) is 4.90. The molecule has 0 aliphatic rings. The first kappa shape index (κ1) is 13.5. The van der Waals surface area contributed by atoms with Crippen molar-refractivity contribution < 1.29 is 0 Å². The lowest BCUT2D eigenvalue weighted by atomic mass is 10.1. The molecule has 0 spiro atoms. The molecule has 3 rings (SSSR count). The molecule has 106 valence electrons. The van der Waals surface area contributed by atoms with Gasteiger partial charge in [0, 0.05) is 32.5 Å². The van der Waals surface area contributed by atoms with Crippen LogP contribution in [0.25, 0.3) is 11.2 Å². The van der Waals surface area contributed by atoms with Gasteiger partial charge in [0.05, 0.1) is 0 Å². The Morgan fingerprint density at radius 3 is 2.57 bits per heavy atom. The molecule has 0 saturated heterocycles. The fourth-order valence-corrected chi connectivity index (χ4v) is 2.30. The zero-order valence-corrected chi connectivity index (χ0v) is 11.9. The molecule has 0 amide bonds. The van der Waals surface area contributed by atoms with E-state index in [4.69, 9.17) is 5.73 Å². The summed E-state index contributed by atoms with van der Waals surface area (Å²) in [5.41, 5.74) is 9.62. The zero-order valence-electron chi connectivity index (χ0n) is 11.9. The molecule has 0 radical (unpaired) electrons. The van der Waals surface area contributed by atoms with Crippen LogP contribution in [0, 0.1) is 0 Å². The van der Waals surface area contributed by atoms with Crippen LogP contribution in [0.1, 0.15) is 11.1 Å². The van der Waals surface area contributed by atoms with Crippen molar-refractivity contribution in [2.24, 2.45) is 5.73 Å². The molecule has 5 nitrogen and oxygen atoms in total. The average Bonchev–Trinajstić information content (AvgIpc) is 2.55. The van der Waals surface area contributed by atoms with Crippen LogP contribution in [-0.4, -0.2) is 22.0 Å². The average molecular weight is 279 g/mol. The van der Waals surface area contributed by atoms with E-state index in [9.17, 15) is 0 Å². The standard InChI is InChI=1S/C16H17N5/c1-21(11-13-5-3-2-4-12(13)10-17)15-7-6-14-16(20-15)19-9-8-18-14/h2-9H,10-11,17H2,1H3. The van der Waals surface area contributed by atoms with Crippen molar-refractivity contribution in [2.45, 2.75) is 13.1 Å². The number of pyridine rings is 1. The summed E-state index contributed by atoms with van der Waals surface area (Å²) in [6, 6.07) is 12.1. The van der Waals surface area contributed by atoms with E-state index >= 15 is 0 Å². The monoisotopic (exact) mass is 279 g/mol. The molecular weight excluding hydrogens is 262 g/mol. The highest BCUT2D eigenvalue weighted by atomic mass is 15.2. The number of benzene rings is 1. The molecule has 0 aliphatic heterocycles. The quantitative estimate of drug-likeness (QED) is 0.792. The summed E-state index contributed by atoms with van der Waals surface area (Å²) >= 11 is 0. The van der Waals surface area contributed by atoms with Gasteiger partial charge in [0.2, 0.25) is 0 Å². The minimum Gasteiger partial charge on any atom is -0.355 e. The molecule has 3 aromatic rings. The van der Waals surface area contributed by atoms with Crippen molar-refractivity contribution in [3.05, 3.63) is 59.9 Å². The van der Waals surface area contributed by atoms with E-state index in [1.54, 1.807) is 12.4 Å². The third kappa shape index (κ3) is 2.83. The molecule has 21 heavy (non-hydrogen) atoms. The third-order valence-corrected chi connectivity index (χ3v) is 3.45. The van der Waals surface area contributed by atoms with Crippen LogP contribution in [0.5, 0.6) is 0 Å². The van der Waals surface area contributed by atoms with E-state index in [-0.39, 0.29) is 0 Å². The van der Waals surface area contributed by atoms with E-state index in [1.807, 2.05) is 31.3 Å². The van der Waals surface area contributed by atoms with Gasteiger partial charge in [0.25, 0.3) is 0 Å². The van der Waals surface area contributed by atoms with Gasteiger partial charge in [-0.05, 0) is 23.3 Å². The molecule has 2 aromatic heterocycles. The summed E-state index contributed by atoms with van der Waals surface area (Å²) in [4.78, 5) is 15.1. The number of nitrogens with two attached hydrogens (primary N) is 1. The second-order valence-electron chi connectivity index (χ2n) is 4.90. The molecule has 0 atom stereocenters. The summed E-state index contributed by atoms with van der Waals surface area (Å²) < 4.78 is 0. The molecule has 0 fully saturated rings. The van der Waals surface area contributed by atoms with Crippen LogP contribution >= 0.6 is 0 Å². The van der Waals surface area contributed by atoms with Crippen molar-refractivity contribution in [3.63, 3.8) is 0 Å². The Kier molecular flexibility index (Phi) is 3.75. The number of nitrogens with zero attached hydrogens (tertiary/aromatic N) is 4. The fraction of sp³-hybridized carbons (Fsp3) is 0.188. The smallest absolute Gasteiger partial charge is 0.180 e. The highest BCUT2D eigenvalue weighted by Gasteiger charge is 2.08. The summed E-state index contributed by atoms with van der Waals surface area (Å²) in [5.74, 6) is 0.870. The number of aromatic nitrogens is 3. The van der Waals surface area contributed by atoms with Gasteiger partial charge in [0.15, 0.2) is 5.65 Å². The maximum atomic E-state index is 5.79. The van der Waals surface area contributed by atoms with Crippen molar-refractivity contribution in [1.82, 2.24) is 15.0 Å². The molecular formula is C16H17N5. The van der Waals surface area contributed by atoms with Gasteiger partial charge in [-0.25, -0.2) is 9.97 Å².